The van der Waals surface area contributed by atoms with Crippen molar-refractivity contribution in [2.75, 3.05) is 19.6 Å². The highest BCUT2D eigenvalue weighted by molar-refractivity contribution is 5.78. The Morgan fingerprint density at radius 2 is 2.10 bits per heavy atom. The molecule has 1 aliphatic rings. The van der Waals surface area contributed by atoms with Gasteiger partial charge in [0.1, 0.15) is 0 Å². The van der Waals surface area contributed by atoms with Crippen LogP contribution in [-0.4, -0.2) is 35.6 Å². The third-order valence-corrected chi connectivity index (χ3v) is 4.05. The molecule has 2 aromatic rings. The minimum Gasteiger partial charge on any atom is -0.309 e. The van der Waals surface area contributed by atoms with Crippen LogP contribution in [0.15, 0.2) is 36.5 Å². The van der Waals surface area contributed by atoms with Crippen molar-refractivity contribution >= 4 is 10.9 Å². The van der Waals surface area contributed by atoms with Crippen LogP contribution in [0.1, 0.15) is 25.3 Å². The van der Waals surface area contributed by atoms with Crippen molar-refractivity contribution in [2.45, 2.75) is 32.4 Å². The van der Waals surface area contributed by atoms with Gasteiger partial charge in [0.05, 0.1) is 5.52 Å². The number of benzene rings is 1. The average molecular weight is 269 g/mol. The Bertz CT molecular complexity index is 561. The van der Waals surface area contributed by atoms with E-state index in [2.05, 4.69) is 46.4 Å². The summed E-state index contributed by atoms with van der Waals surface area (Å²) in [6.07, 6.45) is 4.58. The molecule has 0 saturated carbocycles. The molecule has 3 rings (SSSR count). The standard InChI is InChI=1S/C17H23N3/c1-14(13-20-9-2-3-10-20)19-12-15-6-7-17-16(11-15)5-4-8-18-17/h4-8,11,14,19H,2-3,9-10,12-13H2,1H3. The molecule has 0 bridgehead atoms. The number of nitrogens with zero attached hydrogens (tertiary/aromatic N) is 2. The zero-order valence-corrected chi connectivity index (χ0v) is 12.2. The van der Waals surface area contributed by atoms with E-state index in [0.717, 1.165) is 18.6 Å². The molecule has 20 heavy (non-hydrogen) atoms. The minimum absolute atomic E-state index is 0.540. The molecule has 1 aromatic heterocycles. The number of pyridine rings is 1. The lowest BCUT2D eigenvalue weighted by Crippen LogP contribution is -2.37. The maximum absolute atomic E-state index is 4.36. The number of aromatic nitrogens is 1. The van der Waals surface area contributed by atoms with Crippen LogP contribution in [0.2, 0.25) is 0 Å². The number of fused-ring (bicyclic) bond motifs is 1. The quantitative estimate of drug-likeness (QED) is 0.904. The molecule has 3 heteroatoms. The van der Waals surface area contributed by atoms with Crippen molar-refractivity contribution in [3.8, 4) is 0 Å². The van der Waals surface area contributed by atoms with Crippen LogP contribution in [0.5, 0.6) is 0 Å². The predicted octanol–water partition coefficient (Wildman–Crippen LogP) is 2.81. The van der Waals surface area contributed by atoms with Gasteiger partial charge in [0.15, 0.2) is 0 Å². The molecular formula is C17H23N3. The van der Waals surface area contributed by atoms with Gasteiger partial charge >= 0.3 is 0 Å². The van der Waals surface area contributed by atoms with Gasteiger partial charge < -0.3 is 10.2 Å². The normalized spacial score (nSPS) is 17.6. The summed E-state index contributed by atoms with van der Waals surface area (Å²) in [6, 6.07) is 11.2. The predicted molar refractivity (Wildman–Crippen MR) is 83.7 cm³/mol. The molecule has 0 aliphatic carbocycles. The van der Waals surface area contributed by atoms with Gasteiger partial charge in [0.2, 0.25) is 0 Å². The monoisotopic (exact) mass is 269 g/mol. The average Bonchev–Trinajstić information content (AvgIpc) is 2.98. The molecule has 0 radical (unpaired) electrons. The summed E-state index contributed by atoms with van der Waals surface area (Å²) < 4.78 is 0. The number of hydrogen-bond donors (Lipinski definition) is 1. The Hall–Kier alpha value is -1.45. The van der Waals surface area contributed by atoms with Crippen molar-refractivity contribution in [3.63, 3.8) is 0 Å². The maximum atomic E-state index is 4.36. The molecule has 1 fully saturated rings. The van der Waals surface area contributed by atoms with Crippen LogP contribution >= 0.6 is 0 Å². The molecule has 0 amide bonds. The summed E-state index contributed by atoms with van der Waals surface area (Å²) in [5, 5.41) is 4.85. The number of hydrogen-bond acceptors (Lipinski definition) is 3. The third-order valence-electron chi connectivity index (χ3n) is 4.05. The van der Waals surface area contributed by atoms with Crippen LogP contribution < -0.4 is 5.32 Å². The van der Waals surface area contributed by atoms with Crippen molar-refractivity contribution in [2.24, 2.45) is 0 Å². The Balaban J connectivity index is 1.56. The van der Waals surface area contributed by atoms with Crippen LogP contribution in [0.3, 0.4) is 0 Å². The van der Waals surface area contributed by atoms with Crippen LogP contribution in [0, 0.1) is 0 Å². The summed E-state index contributed by atoms with van der Waals surface area (Å²) >= 11 is 0. The number of nitrogens with one attached hydrogen (secondary N) is 1. The molecule has 106 valence electrons. The van der Waals surface area contributed by atoms with E-state index < -0.39 is 0 Å². The van der Waals surface area contributed by atoms with Gasteiger partial charge in [-0.2, -0.15) is 0 Å². The van der Waals surface area contributed by atoms with Gasteiger partial charge in [0, 0.05) is 30.7 Å². The van der Waals surface area contributed by atoms with Crippen molar-refractivity contribution in [1.29, 1.82) is 0 Å². The molecular weight excluding hydrogens is 246 g/mol. The molecule has 1 N–H and O–H groups in total. The molecule has 3 nitrogen and oxygen atoms in total. The van der Waals surface area contributed by atoms with Crippen molar-refractivity contribution in [1.82, 2.24) is 15.2 Å². The van der Waals surface area contributed by atoms with E-state index in [0.29, 0.717) is 6.04 Å². The van der Waals surface area contributed by atoms with E-state index >= 15 is 0 Å². The molecule has 2 heterocycles. The van der Waals surface area contributed by atoms with E-state index in [1.807, 2.05) is 12.3 Å². The van der Waals surface area contributed by atoms with Gasteiger partial charge in [-0.1, -0.05) is 12.1 Å². The van der Waals surface area contributed by atoms with E-state index in [1.54, 1.807) is 0 Å². The highest BCUT2D eigenvalue weighted by atomic mass is 15.2. The molecule has 1 unspecified atom stereocenters. The second-order valence-electron chi connectivity index (χ2n) is 5.82. The zero-order chi connectivity index (χ0) is 13.8. The lowest BCUT2D eigenvalue weighted by atomic mass is 10.1. The fourth-order valence-corrected chi connectivity index (χ4v) is 2.94. The van der Waals surface area contributed by atoms with Gasteiger partial charge in [-0.25, -0.2) is 0 Å². The zero-order valence-electron chi connectivity index (χ0n) is 12.2. The van der Waals surface area contributed by atoms with E-state index in [-0.39, 0.29) is 0 Å². The number of rotatable bonds is 5. The minimum atomic E-state index is 0.540. The van der Waals surface area contributed by atoms with Crippen LogP contribution in [0.25, 0.3) is 10.9 Å². The SMILES string of the molecule is CC(CN1CCCC1)NCc1ccc2ncccc2c1. The molecule has 1 aromatic carbocycles. The topological polar surface area (TPSA) is 28.2 Å². The van der Waals surface area contributed by atoms with Gasteiger partial charge in [-0.05, 0) is 56.6 Å². The van der Waals surface area contributed by atoms with E-state index in [9.17, 15) is 0 Å². The fourth-order valence-electron chi connectivity index (χ4n) is 2.94. The van der Waals surface area contributed by atoms with Crippen LogP contribution in [-0.2, 0) is 6.54 Å². The Labute approximate surface area is 121 Å². The lowest BCUT2D eigenvalue weighted by molar-refractivity contribution is 0.298. The first-order valence-corrected chi connectivity index (χ1v) is 7.61. The summed E-state index contributed by atoms with van der Waals surface area (Å²) in [6.45, 7) is 6.91. The highest BCUT2D eigenvalue weighted by Crippen LogP contribution is 2.13. The summed E-state index contributed by atoms with van der Waals surface area (Å²) in [5.74, 6) is 0. The first-order chi connectivity index (χ1) is 9.81. The van der Waals surface area contributed by atoms with E-state index in [4.69, 9.17) is 0 Å². The first kappa shape index (κ1) is 13.5. The first-order valence-electron chi connectivity index (χ1n) is 7.61. The van der Waals surface area contributed by atoms with Gasteiger partial charge in [0.25, 0.3) is 0 Å². The maximum Gasteiger partial charge on any atom is 0.0702 e. The molecule has 1 atom stereocenters. The second-order valence-corrected chi connectivity index (χ2v) is 5.82. The van der Waals surface area contributed by atoms with E-state index in [1.165, 1.54) is 36.9 Å². The summed E-state index contributed by atoms with van der Waals surface area (Å²) in [7, 11) is 0. The molecule has 1 saturated heterocycles. The van der Waals surface area contributed by atoms with Gasteiger partial charge in [-0.15, -0.1) is 0 Å². The largest absolute Gasteiger partial charge is 0.309 e. The number of likely N-dealkylation sites (tertiary alicyclic amines) is 1. The summed E-state index contributed by atoms with van der Waals surface area (Å²) in [4.78, 5) is 6.92. The Morgan fingerprint density at radius 1 is 1.25 bits per heavy atom. The third kappa shape index (κ3) is 3.35. The molecule has 0 spiro atoms. The highest BCUT2D eigenvalue weighted by Gasteiger charge is 2.14. The van der Waals surface area contributed by atoms with Crippen molar-refractivity contribution in [3.05, 3.63) is 42.1 Å². The lowest BCUT2D eigenvalue weighted by Gasteiger charge is -2.21. The Kier molecular flexibility index (Phi) is 4.28. The molecule has 1 aliphatic heterocycles. The summed E-state index contributed by atoms with van der Waals surface area (Å²) in [5.41, 5.74) is 2.40. The van der Waals surface area contributed by atoms with Crippen molar-refractivity contribution < 1.29 is 0 Å². The van der Waals surface area contributed by atoms with Crippen LogP contribution in [0.4, 0.5) is 0 Å². The smallest absolute Gasteiger partial charge is 0.0702 e. The fraction of sp³-hybridized carbons (Fsp3) is 0.471. The van der Waals surface area contributed by atoms with Gasteiger partial charge in [-0.3, -0.25) is 4.98 Å². The second kappa shape index (κ2) is 6.33. The Morgan fingerprint density at radius 3 is 2.95 bits per heavy atom.